The Morgan fingerprint density at radius 1 is 1.26 bits per heavy atom. The van der Waals surface area contributed by atoms with Gasteiger partial charge in [-0.15, -0.1) is 0 Å². The summed E-state index contributed by atoms with van der Waals surface area (Å²) in [6.45, 7) is 7.31. The maximum atomic E-state index is 5.93. The van der Waals surface area contributed by atoms with E-state index in [9.17, 15) is 0 Å². The van der Waals surface area contributed by atoms with Gasteiger partial charge in [-0.2, -0.15) is 0 Å². The molecule has 0 saturated heterocycles. The molecule has 1 aliphatic rings. The Labute approximate surface area is 116 Å². The normalized spacial score (nSPS) is 23.6. The molecule has 0 amide bonds. The lowest BCUT2D eigenvalue weighted by molar-refractivity contribution is 0.338. The minimum atomic E-state index is 0.416. The zero-order valence-electron chi connectivity index (χ0n) is 12.3. The molecule has 1 aromatic heterocycles. The summed E-state index contributed by atoms with van der Waals surface area (Å²) in [7, 11) is 0. The van der Waals surface area contributed by atoms with Gasteiger partial charge >= 0.3 is 0 Å². The van der Waals surface area contributed by atoms with Gasteiger partial charge in [0.05, 0.1) is 0 Å². The van der Waals surface area contributed by atoms with Gasteiger partial charge in [-0.3, -0.25) is 0 Å². The first-order chi connectivity index (χ1) is 9.04. The number of rotatable bonds is 4. The van der Waals surface area contributed by atoms with Crippen molar-refractivity contribution in [2.24, 2.45) is 11.7 Å². The molecule has 1 heterocycles. The quantitative estimate of drug-likeness (QED) is 0.875. The predicted molar refractivity (Wildman–Crippen MR) is 79.3 cm³/mol. The molecular formula is C15H26N4. The summed E-state index contributed by atoms with van der Waals surface area (Å²) in [6.07, 6.45) is 4.74. The Kier molecular flexibility index (Phi) is 4.75. The van der Waals surface area contributed by atoms with Crippen LogP contribution < -0.4 is 11.1 Å². The molecule has 3 N–H and O–H groups in total. The summed E-state index contributed by atoms with van der Waals surface area (Å²) in [4.78, 5) is 9.05. The average Bonchev–Trinajstić information content (AvgIpc) is 2.37. The van der Waals surface area contributed by atoms with Crippen molar-refractivity contribution in [2.75, 3.05) is 11.9 Å². The number of hydrogen-bond donors (Lipinski definition) is 2. The minimum absolute atomic E-state index is 0.416. The average molecular weight is 262 g/mol. The summed E-state index contributed by atoms with van der Waals surface area (Å²) in [6, 6.07) is 2.48. The molecule has 4 heteroatoms. The summed E-state index contributed by atoms with van der Waals surface area (Å²) in [5.74, 6) is 1.93. The fourth-order valence-corrected chi connectivity index (χ4v) is 2.60. The van der Waals surface area contributed by atoms with Crippen molar-refractivity contribution in [3.63, 3.8) is 0 Å². The molecule has 2 rings (SSSR count). The van der Waals surface area contributed by atoms with E-state index in [0.29, 0.717) is 17.9 Å². The first-order valence-electron chi connectivity index (χ1n) is 7.39. The molecule has 1 saturated carbocycles. The summed E-state index contributed by atoms with van der Waals surface area (Å²) in [5.41, 5.74) is 8.08. The first kappa shape index (κ1) is 14.3. The highest BCUT2D eigenvalue weighted by molar-refractivity contribution is 5.29. The molecular weight excluding hydrogens is 236 g/mol. The standard InChI is InChI=1S/C15H26N4/c1-10(2)14-8-11(3)18-15(19-14)17-9-12-4-6-13(16)7-5-12/h8,10,12-13H,4-7,9,16H2,1-3H3,(H,17,18,19). The number of aryl methyl sites for hydroxylation is 1. The van der Waals surface area contributed by atoms with Gasteiger partial charge in [-0.05, 0) is 50.5 Å². The second-order valence-electron chi connectivity index (χ2n) is 6.07. The Balaban J connectivity index is 1.92. The molecule has 0 spiro atoms. The number of nitrogens with zero attached hydrogens (tertiary/aromatic N) is 2. The molecule has 1 fully saturated rings. The van der Waals surface area contributed by atoms with Gasteiger partial charge in [0.25, 0.3) is 0 Å². The third-order valence-electron chi connectivity index (χ3n) is 3.91. The molecule has 106 valence electrons. The smallest absolute Gasteiger partial charge is 0.223 e. The molecule has 0 radical (unpaired) electrons. The van der Waals surface area contributed by atoms with E-state index in [1.165, 1.54) is 12.8 Å². The van der Waals surface area contributed by atoms with Gasteiger partial charge in [-0.25, -0.2) is 9.97 Å². The van der Waals surface area contributed by atoms with Crippen molar-refractivity contribution in [2.45, 2.75) is 58.4 Å². The van der Waals surface area contributed by atoms with E-state index < -0.39 is 0 Å². The van der Waals surface area contributed by atoms with E-state index in [1.54, 1.807) is 0 Å². The van der Waals surface area contributed by atoms with Gasteiger partial charge in [0.15, 0.2) is 0 Å². The van der Waals surface area contributed by atoms with Crippen LogP contribution >= 0.6 is 0 Å². The van der Waals surface area contributed by atoms with Crippen molar-refractivity contribution < 1.29 is 0 Å². The second-order valence-corrected chi connectivity index (χ2v) is 6.07. The van der Waals surface area contributed by atoms with Crippen LogP contribution in [0, 0.1) is 12.8 Å². The number of anilines is 1. The van der Waals surface area contributed by atoms with Crippen LogP contribution in [-0.2, 0) is 0 Å². The molecule has 0 unspecified atom stereocenters. The van der Waals surface area contributed by atoms with E-state index in [2.05, 4.69) is 35.2 Å². The molecule has 1 aromatic rings. The van der Waals surface area contributed by atoms with Gasteiger partial charge < -0.3 is 11.1 Å². The maximum Gasteiger partial charge on any atom is 0.223 e. The number of nitrogens with one attached hydrogen (secondary N) is 1. The minimum Gasteiger partial charge on any atom is -0.354 e. The fourth-order valence-electron chi connectivity index (χ4n) is 2.60. The Morgan fingerprint density at radius 2 is 1.95 bits per heavy atom. The zero-order chi connectivity index (χ0) is 13.8. The van der Waals surface area contributed by atoms with Crippen LogP contribution in [0.4, 0.5) is 5.95 Å². The molecule has 0 aliphatic heterocycles. The summed E-state index contributed by atoms with van der Waals surface area (Å²) in [5, 5.41) is 3.40. The van der Waals surface area contributed by atoms with Crippen LogP contribution in [0.3, 0.4) is 0 Å². The Bertz CT molecular complexity index is 409. The largest absolute Gasteiger partial charge is 0.354 e. The third-order valence-corrected chi connectivity index (χ3v) is 3.91. The summed E-state index contributed by atoms with van der Waals surface area (Å²) >= 11 is 0. The van der Waals surface area contributed by atoms with Crippen molar-refractivity contribution in [3.05, 3.63) is 17.5 Å². The van der Waals surface area contributed by atoms with Crippen LogP contribution in [-0.4, -0.2) is 22.6 Å². The van der Waals surface area contributed by atoms with Crippen molar-refractivity contribution in [1.29, 1.82) is 0 Å². The highest BCUT2D eigenvalue weighted by Crippen LogP contribution is 2.23. The predicted octanol–water partition coefficient (Wildman–Crippen LogP) is 2.84. The van der Waals surface area contributed by atoms with Crippen LogP contribution in [0.2, 0.25) is 0 Å². The molecule has 0 aromatic carbocycles. The highest BCUT2D eigenvalue weighted by Gasteiger charge is 2.18. The lowest BCUT2D eigenvalue weighted by Crippen LogP contribution is -2.29. The van der Waals surface area contributed by atoms with E-state index >= 15 is 0 Å². The summed E-state index contributed by atoms with van der Waals surface area (Å²) < 4.78 is 0. The van der Waals surface area contributed by atoms with Crippen LogP contribution in [0.15, 0.2) is 6.07 Å². The fraction of sp³-hybridized carbons (Fsp3) is 0.733. The number of aromatic nitrogens is 2. The van der Waals surface area contributed by atoms with Gasteiger partial charge in [0.1, 0.15) is 0 Å². The topological polar surface area (TPSA) is 63.8 Å². The Hall–Kier alpha value is -1.16. The lowest BCUT2D eigenvalue weighted by Gasteiger charge is -2.26. The SMILES string of the molecule is Cc1cc(C(C)C)nc(NCC2CCC(N)CC2)n1. The van der Waals surface area contributed by atoms with E-state index in [-0.39, 0.29) is 0 Å². The third kappa shape index (κ3) is 4.16. The number of nitrogens with two attached hydrogens (primary N) is 1. The number of hydrogen-bond acceptors (Lipinski definition) is 4. The maximum absolute atomic E-state index is 5.93. The molecule has 19 heavy (non-hydrogen) atoms. The van der Waals surface area contributed by atoms with E-state index in [4.69, 9.17) is 5.73 Å². The van der Waals surface area contributed by atoms with Gasteiger partial charge in [0, 0.05) is 24.0 Å². The van der Waals surface area contributed by atoms with Crippen molar-refractivity contribution in [3.8, 4) is 0 Å². The van der Waals surface area contributed by atoms with Crippen LogP contribution in [0.5, 0.6) is 0 Å². The molecule has 4 nitrogen and oxygen atoms in total. The molecule has 1 aliphatic carbocycles. The van der Waals surface area contributed by atoms with E-state index in [0.717, 1.165) is 36.7 Å². The van der Waals surface area contributed by atoms with Crippen molar-refractivity contribution >= 4 is 5.95 Å². The van der Waals surface area contributed by atoms with Crippen molar-refractivity contribution in [1.82, 2.24) is 9.97 Å². The highest BCUT2D eigenvalue weighted by atomic mass is 15.1. The van der Waals surface area contributed by atoms with Crippen LogP contribution in [0.25, 0.3) is 0 Å². The lowest BCUT2D eigenvalue weighted by atomic mass is 9.86. The van der Waals surface area contributed by atoms with Gasteiger partial charge in [-0.1, -0.05) is 13.8 Å². The zero-order valence-corrected chi connectivity index (χ0v) is 12.3. The Morgan fingerprint density at radius 3 is 2.58 bits per heavy atom. The van der Waals surface area contributed by atoms with E-state index in [1.807, 2.05) is 6.92 Å². The first-order valence-corrected chi connectivity index (χ1v) is 7.39. The van der Waals surface area contributed by atoms with Crippen LogP contribution in [0.1, 0.15) is 56.8 Å². The molecule has 0 bridgehead atoms. The molecule has 0 atom stereocenters. The van der Waals surface area contributed by atoms with Gasteiger partial charge in [0.2, 0.25) is 5.95 Å². The second kappa shape index (κ2) is 6.33. The monoisotopic (exact) mass is 262 g/mol.